The van der Waals surface area contributed by atoms with Gasteiger partial charge in [0.15, 0.2) is 0 Å². The lowest BCUT2D eigenvalue weighted by molar-refractivity contribution is -0.156. The van der Waals surface area contributed by atoms with Crippen LogP contribution in [0.4, 0.5) is 0 Å². The predicted octanol–water partition coefficient (Wildman–Crippen LogP) is 0.366. The molecule has 0 aromatic carbocycles. The van der Waals surface area contributed by atoms with Crippen LogP contribution in [0, 0.1) is 0 Å². The zero-order valence-electron chi connectivity index (χ0n) is 9.90. The molecule has 0 aliphatic carbocycles. The lowest BCUT2D eigenvalue weighted by Gasteiger charge is -1.87. The van der Waals surface area contributed by atoms with Crippen LogP contribution in [0.25, 0.3) is 0 Å². The molecule has 0 rings (SSSR count). The van der Waals surface area contributed by atoms with Crippen molar-refractivity contribution < 1.29 is 33.8 Å². The molecule has 7 heteroatoms. The maximum absolute atomic E-state index is 9.81. The lowest BCUT2D eigenvalue weighted by Crippen LogP contribution is -2.03. The van der Waals surface area contributed by atoms with Crippen molar-refractivity contribution in [2.45, 2.75) is 27.7 Å². The van der Waals surface area contributed by atoms with Gasteiger partial charge in [0.1, 0.15) is 0 Å². The Morgan fingerprint density at radius 2 is 1.00 bits per heavy atom. The van der Waals surface area contributed by atoms with Gasteiger partial charge in [0.25, 0.3) is 5.97 Å². The maximum atomic E-state index is 9.81. The van der Waals surface area contributed by atoms with Gasteiger partial charge in [0.05, 0.1) is 7.11 Å². The second-order valence-corrected chi connectivity index (χ2v) is 2.30. The Hall–Kier alpha value is -1.92. The van der Waals surface area contributed by atoms with Crippen LogP contribution in [-0.2, 0) is 28.7 Å². The monoisotopic (exact) mass is 236 g/mol. The van der Waals surface area contributed by atoms with E-state index in [4.69, 9.17) is 9.90 Å². The van der Waals surface area contributed by atoms with E-state index < -0.39 is 17.9 Å². The van der Waals surface area contributed by atoms with Gasteiger partial charge < -0.3 is 14.6 Å². The van der Waals surface area contributed by atoms with Gasteiger partial charge in [0.2, 0.25) is 0 Å². The fraction of sp³-hybridized carbons (Fsp3) is 0.556. The number of methoxy groups -OCH3 is 1. The van der Waals surface area contributed by atoms with Crippen LogP contribution in [0.2, 0.25) is 0 Å². The van der Waals surface area contributed by atoms with E-state index in [1.165, 1.54) is 27.9 Å². The van der Waals surface area contributed by atoms with Crippen molar-refractivity contribution in [2.24, 2.45) is 0 Å². The Kier molecular flexibility index (Phi) is 16.0. The van der Waals surface area contributed by atoms with E-state index in [9.17, 15) is 14.4 Å². The van der Waals surface area contributed by atoms with Gasteiger partial charge in [-0.15, -0.1) is 0 Å². The summed E-state index contributed by atoms with van der Waals surface area (Å²) in [4.78, 5) is 38.2. The first-order valence-corrected chi connectivity index (χ1v) is 4.06. The molecule has 0 bridgehead atoms. The second kappa shape index (κ2) is 13.1. The van der Waals surface area contributed by atoms with Crippen molar-refractivity contribution in [3.05, 3.63) is 0 Å². The molecule has 0 aliphatic heterocycles. The molecule has 0 saturated heterocycles. The Labute approximate surface area is 93.3 Å². The number of hydrogen-bond acceptors (Lipinski definition) is 6. The second-order valence-electron chi connectivity index (χ2n) is 2.30. The molecule has 0 fully saturated rings. The van der Waals surface area contributed by atoms with E-state index in [0.29, 0.717) is 0 Å². The average Bonchev–Trinajstić information content (AvgIpc) is 2.01. The highest BCUT2D eigenvalue weighted by Gasteiger charge is 1.93. The molecular formula is C9H16O7. The minimum Gasteiger partial charge on any atom is -0.481 e. The first kappa shape index (κ1) is 19.6. The van der Waals surface area contributed by atoms with Crippen LogP contribution in [0.5, 0.6) is 0 Å². The molecule has 0 saturated carbocycles. The Morgan fingerprint density at radius 1 is 0.812 bits per heavy atom. The number of carboxylic acids is 1. The molecule has 0 amide bonds. The number of aliphatic carboxylic acids is 1. The van der Waals surface area contributed by atoms with Crippen LogP contribution in [0.15, 0.2) is 0 Å². The Morgan fingerprint density at radius 3 is 1.00 bits per heavy atom. The summed E-state index contributed by atoms with van der Waals surface area (Å²) in [5.74, 6) is -2.20. The third-order valence-electron chi connectivity index (χ3n) is 0.575. The molecule has 0 aromatic heterocycles. The topological polar surface area (TPSA) is 107 Å². The summed E-state index contributed by atoms with van der Waals surface area (Å²) in [6.07, 6.45) is 0. The molecule has 0 aliphatic rings. The predicted molar refractivity (Wildman–Crippen MR) is 53.4 cm³/mol. The Bertz CT molecular complexity index is 228. The van der Waals surface area contributed by atoms with Crippen LogP contribution in [0.3, 0.4) is 0 Å². The lowest BCUT2D eigenvalue weighted by atomic mass is 10.7. The SMILES string of the molecule is CC(=O)O.CC(=O)OC(C)=O.COC(C)=O. The smallest absolute Gasteiger partial charge is 0.310 e. The van der Waals surface area contributed by atoms with Crippen molar-refractivity contribution in [2.75, 3.05) is 7.11 Å². The Balaban J connectivity index is -0.000000166. The maximum Gasteiger partial charge on any atom is 0.310 e. The van der Waals surface area contributed by atoms with Gasteiger partial charge in [-0.05, 0) is 0 Å². The first-order chi connectivity index (χ1) is 7.13. The van der Waals surface area contributed by atoms with Crippen molar-refractivity contribution in [1.82, 2.24) is 0 Å². The number of carboxylic acid groups (broad SMARTS) is 1. The number of esters is 3. The summed E-state index contributed by atoms with van der Waals surface area (Å²) in [6, 6.07) is 0. The molecule has 0 spiro atoms. The molecule has 0 atom stereocenters. The third-order valence-corrected chi connectivity index (χ3v) is 0.575. The number of carbonyl (C=O) groups is 4. The van der Waals surface area contributed by atoms with Gasteiger partial charge in [0, 0.05) is 27.7 Å². The van der Waals surface area contributed by atoms with Gasteiger partial charge in [-0.1, -0.05) is 0 Å². The van der Waals surface area contributed by atoms with Crippen LogP contribution in [0.1, 0.15) is 27.7 Å². The van der Waals surface area contributed by atoms with E-state index in [2.05, 4.69) is 9.47 Å². The van der Waals surface area contributed by atoms with Crippen LogP contribution < -0.4 is 0 Å². The summed E-state index contributed by atoms with van der Waals surface area (Å²) in [5, 5.41) is 7.42. The summed E-state index contributed by atoms with van der Waals surface area (Å²) >= 11 is 0. The largest absolute Gasteiger partial charge is 0.481 e. The molecule has 7 nitrogen and oxygen atoms in total. The number of rotatable bonds is 0. The van der Waals surface area contributed by atoms with Gasteiger partial charge in [-0.2, -0.15) is 0 Å². The molecule has 0 heterocycles. The van der Waals surface area contributed by atoms with Crippen molar-refractivity contribution in [3.63, 3.8) is 0 Å². The zero-order valence-corrected chi connectivity index (χ0v) is 9.90. The van der Waals surface area contributed by atoms with E-state index in [1.54, 1.807) is 0 Å². The first-order valence-electron chi connectivity index (χ1n) is 4.06. The standard InChI is InChI=1S/C4H6O3.C3H6O2.C2H4O2/c1-3(5)7-4(2)6;1-3(4)5-2;1-2(3)4/h1-2H3;1-2H3;1H3,(H,3,4). The molecule has 16 heavy (non-hydrogen) atoms. The molecule has 1 N–H and O–H groups in total. The van der Waals surface area contributed by atoms with Gasteiger partial charge in [-0.3, -0.25) is 19.2 Å². The molecule has 94 valence electrons. The summed E-state index contributed by atoms with van der Waals surface area (Å²) in [7, 11) is 1.35. The van der Waals surface area contributed by atoms with Crippen LogP contribution >= 0.6 is 0 Å². The highest BCUT2D eigenvalue weighted by atomic mass is 16.6. The molecule has 0 aromatic rings. The van der Waals surface area contributed by atoms with E-state index in [-0.39, 0.29) is 5.97 Å². The average molecular weight is 236 g/mol. The highest BCUT2D eigenvalue weighted by Crippen LogP contribution is 1.73. The van der Waals surface area contributed by atoms with Crippen molar-refractivity contribution in [1.29, 1.82) is 0 Å². The minimum atomic E-state index is -0.833. The zero-order chi connectivity index (χ0) is 13.7. The number of hydrogen-bond donors (Lipinski definition) is 1. The number of carbonyl (C=O) groups excluding carboxylic acids is 3. The summed E-state index contributed by atoms with van der Waals surface area (Å²) in [5.41, 5.74) is 0. The van der Waals surface area contributed by atoms with Crippen molar-refractivity contribution in [3.8, 4) is 0 Å². The molecular weight excluding hydrogens is 220 g/mol. The summed E-state index contributed by atoms with van der Waals surface area (Å²) in [6.45, 7) is 4.81. The third kappa shape index (κ3) is 89.1. The fourth-order valence-corrected chi connectivity index (χ4v) is 0.202. The van der Waals surface area contributed by atoms with Gasteiger partial charge in [-0.25, -0.2) is 0 Å². The number of ether oxygens (including phenoxy) is 2. The van der Waals surface area contributed by atoms with E-state index in [0.717, 1.165) is 6.92 Å². The molecule has 0 unspecified atom stereocenters. The van der Waals surface area contributed by atoms with Gasteiger partial charge >= 0.3 is 17.9 Å². The van der Waals surface area contributed by atoms with E-state index >= 15 is 0 Å². The minimum absolute atomic E-state index is 0.245. The van der Waals surface area contributed by atoms with E-state index in [1.807, 2.05) is 0 Å². The normalized spacial score (nSPS) is 7.06. The van der Waals surface area contributed by atoms with Crippen LogP contribution in [-0.4, -0.2) is 36.1 Å². The summed E-state index contributed by atoms with van der Waals surface area (Å²) < 4.78 is 8.08. The molecule has 0 radical (unpaired) electrons. The fourth-order valence-electron chi connectivity index (χ4n) is 0.202. The van der Waals surface area contributed by atoms with Crippen molar-refractivity contribution >= 4 is 23.9 Å². The highest BCUT2D eigenvalue weighted by molar-refractivity contribution is 5.82. The quantitative estimate of drug-likeness (QED) is 0.478.